The molecule has 4 aromatic rings. The first-order valence-electron chi connectivity index (χ1n) is 9.65. The van der Waals surface area contributed by atoms with Gasteiger partial charge in [-0.3, -0.25) is 0 Å². The average Bonchev–Trinajstić information content (AvgIpc) is 2.81. The van der Waals surface area contributed by atoms with Crippen molar-refractivity contribution in [1.29, 1.82) is 0 Å². The highest BCUT2D eigenvalue weighted by Crippen LogP contribution is 2.45. The van der Waals surface area contributed by atoms with Crippen molar-refractivity contribution in [3.8, 4) is 11.5 Å². The lowest BCUT2D eigenvalue weighted by Gasteiger charge is -2.37. The van der Waals surface area contributed by atoms with Crippen molar-refractivity contribution in [2.24, 2.45) is 0 Å². The summed E-state index contributed by atoms with van der Waals surface area (Å²) in [6.07, 6.45) is 0. The van der Waals surface area contributed by atoms with E-state index in [1.54, 1.807) is 12.1 Å². The van der Waals surface area contributed by atoms with Gasteiger partial charge in [-0.25, -0.2) is 10.5 Å². The Morgan fingerprint density at radius 3 is 1.23 bits per heavy atom. The Labute approximate surface area is 185 Å². The highest BCUT2D eigenvalue weighted by molar-refractivity contribution is 7.28. The fourth-order valence-electron chi connectivity index (χ4n) is 4.11. The van der Waals surface area contributed by atoms with Crippen molar-refractivity contribution in [3.05, 3.63) is 119 Å². The van der Waals surface area contributed by atoms with Gasteiger partial charge in [0.05, 0.1) is 5.41 Å². The maximum atomic E-state index is 9.20. The van der Waals surface area contributed by atoms with Gasteiger partial charge in [0.1, 0.15) is 0 Å². The molecule has 4 aromatic carbocycles. The summed E-state index contributed by atoms with van der Waals surface area (Å²) in [6, 6.07) is 31.9. The van der Waals surface area contributed by atoms with Crippen molar-refractivity contribution in [1.82, 2.24) is 0 Å². The molecule has 0 bridgehead atoms. The molecule has 156 valence electrons. The molecule has 0 radical (unpaired) electrons. The van der Waals surface area contributed by atoms with Gasteiger partial charge in [0.25, 0.3) is 0 Å². The van der Waals surface area contributed by atoms with Gasteiger partial charge < -0.3 is 9.78 Å². The summed E-state index contributed by atoms with van der Waals surface area (Å²) in [5.41, 5.74) is 3.48. The number of benzene rings is 4. The molecule has 0 amide bonds. The van der Waals surface area contributed by atoms with E-state index in [0.717, 1.165) is 32.9 Å². The van der Waals surface area contributed by atoms with Gasteiger partial charge in [0.15, 0.2) is 11.5 Å². The van der Waals surface area contributed by atoms with Crippen LogP contribution in [0.3, 0.4) is 0 Å². The Balaban J connectivity index is 2.12. The molecule has 0 spiro atoms. The first kappa shape index (κ1) is 21.5. The lowest BCUT2D eigenvalue weighted by atomic mass is 9.65. The molecule has 0 saturated carbocycles. The molecule has 0 saturated heterocycles. The summed E-state index contributed by atoms with van der Waals surface area (Å²) >= 11 is 0. The zero-order chi connectivity index (χ0) is 21.8. The number of hydrogen-bond acceptors (Lipinski definition) is 4. The van der Waals surface area contributed by atoms with Crippen LogP contribution in [0.25, 0.3) is 0 Å². The van der Waals surface area contributed by atoms with Crippen molar-refractivity contribution in [2.45, 2.75) is 5.41 Å². The van der Waals surface area contributed by atoms with Crippen molar-refractivity contribution in [3.63, 3.8) is 0 Å². The lowest BCUT2D eigenvalue weighted by molar-refractivity contribution is -0.136. The van der Waals surface area contributed by atoms with E-state index in [0.29, 0.717) is 11.5 Å². The van der Waals surface area contributed by atoms with Crippen LogP contribution < -0.4 is 20.4 Å². The van der Waals surface area contributed by atoms with E-state index in [9.17, 15) is 10.5 Å². The minimum absolute atomic E-state index is 0.375. The van der Waals surface area contributed by atoms with Crippen LogP contribution in [0.1, 0.15) is 22.3 Å². The van der Waals surface area contributed by atoms with Crippen molar-refractivity contribution in [2.75, 3.05) is 0 Å². The minimum Gasteiger partial charge on any atom is -0.340 e. The molecule has 2 unspecified atom stereocenters. The fraction of sp³-hybridized carbons (Fsp3) is 0.0400. The Morgan fingerprint density at radius 2 is 0.903 bits per heavy atom. The van der Waals surface area contributed by atoms with Crippen LogP contribution >= 0.6 is 18.5 Å². The van der Waals surface area contributed by atoms with E-state index in [1.807, 2.05) is 60.7 Å². The summed E-state index contributed by atoms with van der Waals surface area (Å²) in [6.45, 7) is 0. The molecule has 2 N–H and O–H groups in total. The fourth-order valence-corrected chi connectivity index (χ4v) is 4.76. The van der Waals surface area contributed by atoms with Crippen LogP contribution in [0.15, 0.2) is 97.1 Å². The molecule has 0 heterocycles. The molecule has 4 nitrogen and oxygen atoms in total. The molecule has 0 aliphatic rings. The quantitative estimate of drug-likeness (QED) is 0.193. The average molecular weight is 448 g/mol. The van der Waals surface area contributed by atoms with E-state index < -0.39 is 5.41 Å². The first-order valence-corrected chi connectivity index (χ1v) is 10.8. The van der Waals surface area contributed by atoms with Gasteiger partial charge in [-0.2, -0.15) is 0 Å². The molecule has 31 heavy (non-hydrogen) atoms. The summed E-state index contributed by atoms with van der Waals surface area (Å²) in [5, 5.41) is 19.9. The van der Waals surface area contributed by atoms with Gasteiger partial charge in [0.2, 0.25) is 0 Å². The lowest BCUT2D eigenvalue weighted by Crippen LogP contribution is -2.32. The number of hydrogen-bond donors (Lipinski definition) is 2. The molecule has 0 aliphatic carbocycles. The van der Waals surface area contributed by atoms with Gasteiger partial charge >= 0.3 is 0 Å². The summed E-state index contributed by atoms with van der Waals surface area (Å²) in [5.74, 6) is 0.749. The van der Waals surface area contributed by atoms with Crippen LogP contribution in [0.5, 0.6) is 11.5 Å². The Hall–Kier alpha value is -2.74. The second-order valence-corrected chi connectivity index (χ2v) is 8.41. The monoisotopic (exact) mass is 448 g/mol. The second kappa shape index (κ2) is 9.18. The number of rotatable bonds is 6. The van der Waals surface area contributed by atoms with Gasteiger partial charge in [-0.15, -0.1) is 18.5 Å². The highest BCUT2D eigenvalue weighted by atomic mass is 31.0. The Kier molecular flexibility index (Phi) is 6.36. The van der Waals surface area contributed by atoms with E-state index >= 15 is 0 Å². The summed E-state index contributed by atoms with van der Waals surface area (Å²) in [4.78, 5) is 9.02. The molecular formula is C25H22O4P2. The summed E-state index contributed by atoms with van der Waals surface area (Å²) < 4.78 is 0. The van der Waals surface area contributed by atoms with Crippen LogP contribution in [0, 0.1) is 0 Å². The van der Waals surface area contributed by atoms with Crippen LogP contribution in [0.2, 0.25) is 0 Å². The second-order valence-electron chi connectivity index (χ2n) is 7.17. The predicted octanol–water partition coefficient (Wildman–Crippen LogP) is 4.77. The van der Waals surface area contributed by atoms with E-state index in [4.69, 9.17) is 0 Å². The third-order valence-electron chi connectivity index (χ3n) is 5.50. The summed E-state index contributed by atoms with van der Waals surface area (Å²) in [7, 11) is 5.24. The largest absolute Gasteiger partial charge is 0.340 e. The maximum absolute atomic E-state index is 9.20. The normalized spacial score (nSPS) is 11.2. The molecule has 4 rings (SSSR count). The standard InChI is InChI=1S/C25H22O4P2/c26-28-21-13-11-19(15-23(21)30)25(17-7-3-1-4-8-17,18-9-5-2-6-10-18)20-12-14-22(29-27)24(31)16-20/h1-16,26-27H,30-31H2. The van der Waals surface area contributed by atoms with Crippen molar-refractivity contribution < 1.29 is 20.3 Å². The topological polar surface area (TPSA) is 58.9 Å². The molecular weight excluding hydrogens is 426 g/mol. The van der Waals surface area contributed by atoms with E-state index in [2.05, 4.69) is 52.5 Å². The minimum atomic E-state index is -0.666. The molecule has 0 fully saturated rings. The van der Waals surface area contributed by atoms with Crippen LogP contribution in [-0.4, -0.2) is 10.5 Å². The Bertz CT molecular complexity index is 1090. The zero-order valence-electron chi connectivity index (χ0n) is 16.6. The zero-order valence-corrected chi connectivity index (χ0v) is 18.9. The van der Waals surface area contributed by atoms with Crippen LogP contribution in [0.4, 0.5) is 0 Å². The smallest absolute Gasteiger partial charge is 0.172 e. The Morgan fingerprint density at radius 1 is 0.516 bits per heavy atom. The van der Waals surface area contributed by atoms with E-state index in [-0.39, 0.29) is 0 Å². The van der Waals surface area contributed by atoms with Crippen LogP contribution in [-0.2, 0) is 5.41 Å². The van der Waals surface area contributed by atoms with Gasteiger partial charge in [0, 0.05) is 10.6 Å². The van der Waals surface area contributed by atoms with Gasteiger partial charge in [-0.05, 0) is 46.5 Å². The highest BCUT2D eigenvalue weighted by Gasteiger charge is 2.39. The molecule has 6 heteroatoms. The third-order valence-corrected chi connectivity index (χ3v) is 6.40. The van der Waals surface area contributed by atoms with E-state index in [1.165, 1.54) is 0 Å². The maximum Gasteiger partial charge on any atom is 0.172 e. The first-order chi connectivity index (χ1) is 15.1. The molecule has 0 aliphatic heterocycles. The molecule has 0 aromatic heterocycles. The third kappa shape index (κ3) is 3.84. The van der Waals surface area contributed by atoms with Crippen molar-refractivity contribution >= 4 is 29.1 Å². The van der Waals surface area contributed by atoms with Gasteiger partial charge in [-0.1, -0.05) is 72.8 Å². The SMILES string of the molecule is OOc1ccc(C(c2ccccc2)(c2ccccc2)c2ccc(OO)c(P)c2)cc1P. The molecule has 2 atom stereocenters. The predicted molar refractivity (Wildman–Crippen MR) is 130 cm³/mol.